The summed E-state index contributed by atoms with van der Waals surface area (Å²) in [6.45, 7) is 8.94. The van der Waals surface area contributed by atoms with E-state index in [9.17, 15) is 0 Å². The molecule has 0 saturated carbocycles. The first kappa shape index (κ1) is 16.7. The van der Waals surface area contributed by atoms with E-state index in [1.807, 2.05) is 20.8 Å². The van der Waals surface area contributed by atoms with Gasteiger partial charge >= 0.3 is 0 Å². The molecule has 0 fully saturated rings. The summed E-state index contributed by atoms with van der Waals surface area (Å²) in [5.41, 5.74) is 4.85. The Morgan fingerprint density at radius 1 is 1.36 bits per heavy atom. The van der Waals surface area contributed by atoms with Crippen molar-refractivity contribution in [2.24, 2.45) is 10.7 Å². The predicted molar refractivity (Wildman–Crippen MR) is 51.2 cm³/mol. The zero-order valence-electron chi connectivity index (χ0n) is 8.00. The van der Waals surface area contributed by atoms with Crippen LogP contribution in [0, 0.1) is 0 Å². The van der Waals surface area contributed by atoms with Gasteiger partial charge in [0.1, 0.15) is 6.29 Å². The molecule has 3 heteroatoms. The Morgan fingerprint density at radius 2 is 1.64 bits per heavy atom. The van der Waals surface area contributed by atoms with Gasteiger partial charge in [0, 0.05) is 6.54 Å². The molecule has 0 atom stereocenters. The fraction of sp³-hybridized carbons (Fsp3) is 0.750. The highest BCUT2D eigenvalue weighted by atomic mass is 16.1. The maximum absolute atomic E-state index is 8.81. The van der Waals surface area contributed by atoms with Crippen LogP contribution in [-0.4, -0.2) is 25.6 Å². The van der Waals surface area contributed by atoms with Crippen molar-refractivity contribution in [3.05, 3.63) is 0 Å². The molecule has 0 aliphatic rings. The normalized spacial score (nSPS) is 7.36. The van der Waals surface area contributed by atoms with Gasteiger partial charge in [-0.15, -0.1) is 0 Å². The van der Waals surface area contributed by atoms with Crippen LogP contribution in [0.1, 0.15) is 27.7 Å². The number of aldehydes is 1. The minimum absolute atomic E-state index is 0.750. The standard InChI is InChI=1S/C4H9N.C2H7N.C2H4O/c1-3-5-4-2;2*1-2-3/h3H,4H2,1-2H3;2-3H2,1H3;2H,1H3. The van der Waals surface area contributed by atoms with Crippen molar-refractivity contribution in [3.63, 3.8) is 0 Å². The summed E-state index contributed by atoms with van der Waals surface area (Å²) in [5, 5.41) is 0. The van der Waals surface area contributed by atoms with Crippen LogP contribution in [0.3, 0.4) is 0 Å². The van der Waals surface area contributed by atoms with Crippen molar-refractivity contribution in [2.45, 2.75) is 27.7 Å². The number of rotatable bonds is 1. The van der Waals surface area contributed by atoms with Crippen molar-refractivity contribution in [2.75, 3.05) is 13.1 Å². The van der Waals surface area contributed by atoms with Crippen LogP contribution in [0.15, 0.2) is 4.99 Å². The molecule has 0 amide bonds. The number of hydrogen-bond donors (Lipinski definition) is 1. The molecule has 0 unspecified atom stereocenters. The second kappa shape index (κ2) is 34.6. The number of aliphatic imine (C=N–C) groups is 1. The number of nitrogens with zero attached hydrogens (tertiary/aromatic N) is 1. The van der Waals surface area contributed by atoms with Gasteiger partial charge in [-0.1, -0.05) is 6.92 Å². The molecule has 3 nitrogen and oxygen atoms in total. The highest BCUT2D eigenvalue weighted by Crippen LogP contribution is 1.57. The lowest BCUT2D eigenvalue weighted by Gasteiger charge is -1.68. The average Bonchev–Trinajstić information content (AvgIpc) is 1.92. The van der Waals surface area contributed by atoms with Crippen molar-refractivity contribution in [3.8, 4) is 0 Å². The van der Waals surface area contributed by atoms with Gasteiger partial charge in [-0.3, -0.25) is 4.99 Å². The zero-order chi connectivity index (χ0) is 9.54. The molecule has 0 saturated heterocycles. The van der Waals surface area contributed by atoms with E-state index in [1.165, 1.54) is 6.92 Å². The van der Waals surface area contributed by atoms with Crippen molar-refractivity contribution in [1.29, 1.82) is 0 Å². The second-order valence-electron chi connectivity index (χ2n) is 1.40. The first-order valence-electron chi connectivity index (χ1n) is 3.79. The molecule has 0 rings (SSSR count). The minimum atomic E-state index is 0.750. The topological polar surface area (TPSA) is 55.5 Å². The van der Waals surface area contributed by atoms with Crippen molar-refractivity contribution >= 4 is 12.5 Å². The molecule has 0 aliphatic carbocycles. The third-order valence-corrected chi connectivity index (χ3v) is 0.365. The Hall–Kier alpha value is -0.700. The molecule has 0 heterocycles. The highest BCUT2D eigenvalue weighted by Gasteiger charge is 1.51. The van der Waals surface area contributed by atoms with Gasteiger partial charge in [0.25, 0.3) is 0 Å². The molecule has 0 bridgehead atoms. The van der Waals surface area contributed by atoms with Gasteiger partial charge < -0.3 is 10.5 Å². The summed E-state index contributed by atoms with van der Waals surface area (Å²) < 4.78 is 0. The van der Waals surface area contributed by atoms with E-state index in [1.54, 1.807) is 6.21 Å². The lowest BCUT2D eigenvalue weighted by molar-refractivity contribution is -0.106. The summed E-state index contributed by atoms with van der Waals surface area (Å²) in [4.78, 5) is 12.7. The Kier molecular flexibility index (Phi) is 52.7. The Morgan fingerprint density at radius 3 is 1.64 bits per heavy atom. The van der Waals surface area contributed by atoms with E-state index in [4.69, 9.17) is 10.5 Å². The first-order chi connectivity index (χ1) is 5.24. The van der Waals surface area contributed by atoms with Crippen LogP contribution in [-0.2, 0) is 4.79 Å². The SMILES string of the molecule is CC=NCC.CC=O.CCN. The molecule has 0 aromatic carbocycles. The molecular weight excluding hydrogens is 140 g/mol. The van der Waals surface area contributed by atoms with E-state index in [2.05, 4.69) is 4.99 Å². The Labute approximate surface area is 69.7 Å². The molecule has 0 radical (unpaired) electrons. The maximum Gasteiger partial charge on any atom is 0.116 e. The number of hydrogen-bond acceptors (Lipinski definition) is 3. The first-order valence-corrected chi connectivity index (χ1v) is 3.79. The van der Waals surface area contributed by atoms with Crippen LogP contribution in [0.4, 0.5) is 0 Å². The minimum Gasteiger partial charge on any atom is -0.331 e. The van der Waals surface area contributed by atoms with E-state index in [0.717, 1.165) is 19.4 Å². The molecule has 68 valence electrons. The van der Waals surface area contributed by atoms with Crippen molar-refractivity contribution < 1.29 is 4.79 Å². The number of carbonyl (C=O) groups is 1. The van der Waals surface area contributed by atoms with E-state index in [-0.39, 0.29) is 0 Å². The third kappa shape index (κ3) is 293. The third-order valence-electron chi connectivity index (χ3n) is 0.365. The lowest BCUT2D eigenvalue weighted by Crippen LogP contribution is -1.87. The van der Waals surface area contributed by atoms with E-state index >= 15 is 0 Å². The summed E-state index contributed by atoms with van der Waals surface area (Å²) in [6.07, 6.45) is 2.56. The molecule has 11 heavy (non-hydrogen) atoms. The Bertz CT molecular complexity index is 72.5. The van der Waals surface area contributed by atoms with Crippen LogP contribution >= 0.6 is 0 Å². The van der Waals surface area contributed by atoms with E-state index < -0.39 is 0 Å². The number of carbonyl (C=O) groups excluding carboxylic acids is 1. The smallest absolute Gasteiger partial charge is 0.116 e. The van der Waals surface area contributed by atoms with Gasteiger partial charge in [-0.2, -0.15) is 0 Å². The second-order valence-corrected chi connectivity index (χ2v) is 1.40. The fourth-order valence-electron chi connectivity index (χ4n) is 0.183. The quantitative estimate of drug-likeness (QED) is 0.464. The van der Waals surface area contributed by atoms with Gasteiger partial charge in [-0.25, -0.2) is 0 Å². The number of nitrogens with two attached hydrogens (primary N) is 1. The van der Waals surface area contributed by atoms with Crippen LogP contribution in [0.5, 0.6) is 0 Å². The molecule has 0 aromatic rings. The lowest BCUT2D eigenvalue weighted by atomic mass is 10.8. The monoisotopic (exact) mass is 160 g/mol. The molecule has 0 aromatic heterocycles. The van der Waals surface area contributed by atoms with Crippen molar-refractivity contribution in [1.82, 2.24) is 0 Å². The molecule has 2 N–H and O–H groups in total. The summed E-state index contributed by atoms with van der Waals surface area (Å²) >= 11 is 0. The van der Waals surface area contributed by atoms with Crippen LogP contribution in [0.25, 0.3) is 0 Å². The Balaban J connectivity index is -0.0000000933. The predicted octanol–water partition coefficient (Wildman–Crippen LogP) is 1.27. The summed E-state index contributed by atoms with van der Waals surface area (Å²) in [5.74, 6) is 0. The van der Waals surface area contributed by atoms with Crippen LogP contribution < -0.4 is 5.73 Å². The van der Waals surface area contributed by atoms with E-state index in [0.29, 0.717) is 0 Å². The highest BCUT2D eigenvalue weighted by molar-refractivity contribution is 5.52. The molecular formula is C8H20N2O. The fourth-order valence-corrected chi connectivity index (χ4v) is 0.183. The maximum atomic E-state index is 8.81. The molecule has 0 spiro atoms. The molecule has 0 aliphatic heterocycles. The average molecular weight is 160 g/mol. The summed E-state index contributed by atoms with van der Waals surface area (Å²) in [7, 11) is 0. The van der Waals surface area contributed by atoms with Gasteiger partial charge in [0.2, 0.25) is 0 Å². The van der Waals surface area contributed by atoms with Gasteiger partial charge in [-0.05, 0) is 33.5 Å². The van der Waals surface area contributed by atoms with Crippen LogP contribution in [0.2, 0.25) is 0 Å². The van der Waals surface area contributed by atoms with Gasteiger partial charge in [0.05, 0.1) is 0 Å². The zero-order valence-corrected chi connectivity index (χ0v) is 8.00. The summed E-state index contributed by atoms with van der Waals surface area (Å²) in [6, 6.07) is 0. The van der Waals surface area contributed by atoms with Gasteiger partial charge in [0.15, 0.2) is 0 Å². The largest absolute Gasteiger partial charge is 0.331 e.